The maximum Gasteiger partial charge on any atom is 0.335 e. The number of hydrogen-bond acceptors (Lipinski definition) is 3. The Balaban J connectivity index is 1.91. The predicted molar refractivity (Wildman–Crippen MR) is 80.0 cm³/mol. The maximum absolute atomic E-state index is 11.8. The lowest BCUT2D eigenvalue weighted by molar-refractivity contribution is -0.115. The fourth-order valence-corrected chi connectivity index (χ4v) is 2.85. The monoisotopic (exact) mass is 340 g/mol. The summed E-state index contributed by atoms with van der Waals surface area (Å²) >= 11 is 3.23. The fourth-order valence-electron chi connectivity index (χ4n) is 2.36. The highest BCUT2D eigenvalue weighted by Gasteiger charge is 2.15. The van der Waals surface area contributed by atoms with Crippen LogP contribution in [0.25, 0.3) is 0 Å². The number of aromatic carboxylic acids is 1. The Bertz CT molecular complexity index is 513. The van der Waals surface area contributed by atoms with Crippen molar-refractivity contribution in [1.29, 1.82) is 0 Å². The third kappa shape index (κ3) is 4.31. The molecule has 0 radical (unpaired) electrons. The van der Waals surface area contributed by atoms with Crippen LogP contribution in [0.3, 0.4) is 0 Å². The highest BCUT2D eigenvalue weighted by molar-refractivity contribution is 9.10. The molecule has 0 atom stereocenters. The highest BCUT2D eigenvalue weighted by Crippen LogP contribution is 2.20. The molecular weight excluding hydrogens is 324 g/mol. The van der Waals surface area contributed by atoms with Crippen molar-refractivity contribution >= 4 is 33.5 Å². The van der Waals surface area contributed by atoms with Crippen LogP contribution >= 0.6 is 15.9 Å². The number of carboxylic acid groups (broad SMARTS) is 1. The van der Waals surface area contributed by atoms with Crippen LogP contribution in [0.5, 0.6) is 0 Å². The summed E-state index contributed by atoms with van der Waals surface area (Å²) in [6.45, 7) is 0.250. The van der Waals surface area contributed by atoms with Crippen LogP contribution < -0.4 is 10.6 Å². The first-order valence-corrected chi connectivity index (χ1v) is 7.41. The van der Waals surface area contributed by atoms with Gasteiger partial charge in [0.05, 0.1) is 12.1 Å². The van der Waals surface area contributed by atoms with Crippen molar-refractivity contribution in [1.82, 2.24) is 5.32 Å². The summed E-state index contributed by atoms with van der Waals surface area (Å²) in [5.41, 5.74) is 0.619. The predicted octanol–water partition coefficient (Wildman–Crippen LogP) is 2.62. The van der Waals surface area contributed by atoms with Gasteiger partial charge in [0.25, 0.3) is 0 Å². The smallest absolute Gasteiger partial charge is 0.335 e. The molecule has 6 heteroatoms. The number of carbonyl (C=O) groups excluding carboxylic acids is 1. The molecule has 0 spiro atoms. The number of halogens is 1. The number of amides is 1. The second kappa shape index (κ2) is 6.85. The average Bonchev–Trinajstić information content (AvgIpc) is 2.88. The largest absolute Gasteiger partial charge is 0.478 e. The van der Waals surface area contributed by atoms with Crippen molar-refractivity contribution in [2.45, 2.75) is 31.7 Å². The molecule has 1 aliphatic carbocycles. The quantitative estimate of drug-likeness (QED) is 0.769. The molecule has 0 saturated heterocycles. The maximum atomic E-state index is 11.8. The molecule has 0 bridgehead atoms. The van der Waals surface area contributed by atoms with Crippen LogP contribution in [0, 0.1) is 0 Å². The third-order valence-electron chi connectivity index (χ3n) is 3.33. The number of hydrogen-bond donors (Lipinski definition) is 3. The minimum Gasteiger partial charge on any atom is -0.478 e. The lowest BCUT2D eigenvalue weighted by Gasteiger charge is -2.12. The third-order valence-corrected chi connectivity index (χ3v) is 3.79. The molecule has 1 amide bonds. The zero-order valence-corrected chi connectivity index (χ0v) is 12.6. The van der Waals surface area contributed by atoms with Crippen LogP contribution in [0.1, 0.15) is 36.0 Å². The minimum atomic E-state index is -1.02. The first-order valence-electron chi connectivity index (χ1n) is 6.62. The zero-order valence-electron chi connectivity index (χ0n) is 11.0. The number of carboxylic acids is 1. The van der Waals surface area contributed by atoms with Crippen LogP contribution in [0.4, 0.5) is 5.69 Å². The van der Waals surface area contributed by atoms with E-state index in [2.05, 4.69) is 26.6 Å². The summed E-state index contributed by atoms with van der Waals surface area (Å²) in [6.07, 6.45) is 4.67. The van der Waals surface area contributed by atoms with Gasteiger partial charge in [0.2, 0.25) is 5.91 Å². The molecule has 5 nitrogen and oxygen atoms in total. The molecule has 0 heterocycles. The Hall–Kier alpha value is -1.40. The van der Waals surface area contributed by atoms with Crippen molar-refractivity contribution in [2.75, 3.05) is 11.9 Å². The Kier molecular flexibility index (Phi) is 5.14. The number of benzene rings is 1. The van der Waals surface area contributed by atoms with Crippen molar-refractivity contribution in [3.05, 3.63) is 28.2 Å². The van der Waals surface area contributed by atoms with Gasteiger partial charge in [-0.2, -0.15) is 0 Å². The van der Waals surface area contributed by atoms with Gasteiger partial charge in [-0.25, -0.2) is 4.79 Å². The Morgan fingerprint density at radius 2 is 1.95 bits per heavy atom. The molecule has 0 aliphatic heterocycles. The minimum absolute atomic E-state index is 0.137. The normalized spacial score (nSPS) is 15.2. The summed E-state index contributed by atoms with van der Waals surface area (Å²) in [5, 5.41) is 14.9. The Morgan fingerprint density at radius 1 is 1.25 bits per heavy atom. The number of nitrogens with one attached hydrogen (secondary N) is 2. The molecule has 108 valence electrons. The van der Waals surface area contributed by atoms with E-state index in [-0.39, 0.29) is 18.0 Å². The summed E-state index contributed by atoms with van der Waals surface area (Å²) in [6, 6.07) is 5.05. The summed E-state index contributed by atoms with van der Waals surface area (Å²) in [4.78, 5) is 22.8. The number of carbonyl (C=O) groups is 2. The van der Waals surface area contributed by atoms with E-state index in [1.807, 2.05) is 0 Å². The van der Waals surface area contributed by atoms with Crippen molar-refractivity contribution < 1.29 is 14.7 Å². The topological polar surface area (TPSA) is 78.4 Å². The van der Waals surface area contributed by atoms with Crippen LogP contribution in [0.15, 0.2) is 22.7 Å². The molecule has 2 rings (SSSR count). The molecule has 1 fully saturated rings. The molecule has 0 aromatic heterocycles. The molecule has 20 heavy (non-hydrogen) atoms. The summed E-state index contributed by atoms with van der Waals surface area (Å²) < 4.78 is 0.622. The lowest BCUT2D eigenvalue weighted by Crippen LogP contribution is -2.34. The van der Waals surface area contributed by atoms with E-state index < -0.39 is 5.97 Å². The van der Waals surface area contributed by atoms with Gasteiger partial charge in [0, 0.05) is 16.2 Å². The van der Waals surface area contributed by atoms with Gasteiger partial charge in [0.1, 0.15) is 0 Å². The number of rotatable bonds is 5. The van der Waals surface area contributed by atoms with Crippen LogP contribution in [-0.4, -0.2) is 29.6 Å². The van der Waals surface area contributed by atoms with Gasteiger partial charge in [0.15, 0.2) is 0 Å². The summed E-state index contributed by atoms with van der Waals surface area (Å²) in [5.74, 6) is -1.18. The second-order valence-electron chi connectivity index (χ2n) is 4.94. The molecular formula is C14H17BrN2O3. The average molecular weight is 341 g/mol. The van der Waals surface area contributed by atoms with E-state index in [9.17, 15) is 9.59 Å². The van der Waals surface area contributed by atoms with Crippen LogP contribution in [0.2, 0.25) is 0 Å². The van der Waals surface area contributed by atoms with E-state index in [1.165, 1.54) is 25.0 Å². The van der Waals surface area contributed by atoms with Gasteiger partial charge in [-0.05, 0) is 31.0 Å². The van der Waals surface area contributed by atoms with Gasteiger partial charge in [-0.3, -0.25) is 4.79 Å². The molecule has 0 unspecified atom stereocenters. The standard InChI is InChI=1S/C14H17BrN2O3/c15-10-5-9(14(19)20)6-12(7-10)17-13(18)8-16-11-3-1-2-4-11/h5-7,11,16H,1-4,8H2,(H,17,18)(H,19,20). The molecule has 1 saturated carbocycles. The van der Waals surface area contributed by atoms with E-state index in [4.69, 9.17) is 5.11 Å². The Morgan fingerprint density at radius 3 is 2.60 bits per heavy atom. The van der Waals surface area contributed by atoms with Gasteiger partial charge in [-0.1, -0.05) is 28.8 Å². The van der Waals surface area contributed by atoms with Gasteiger partial charge >= 0.3 is 5.97 Å². The zero-order chi connectivity index (χ0) is 14.5. The fraction of sp³-hybridized carbons (Fsp3) is 0.429. The second-order valence-corrected chi connectivity index (χ2v) is 5.86. The first kappa shape index (κ1) is 15.0. The molecule has 1 aromatic rings. The van der Waals surface area contributed by atoms with Crippen molar-refractivity contribution in [2.24, 2.45) is 0 Å². The Labute approximate surface area is 125 Å². The molecule has 1 aliphatic rings. The van der Waals surface area contributed by atoms with Crippen LogP contribution in [-0.2, 0) is 4.79 Å². The van der Waals surface area contributed by atoms with Gasteiger partial charge in [-0.15, -0.1) is 0 Å². The van der Waals surface area contributed by atoms with Gasteiger partial charge < -0.3 is 15.7 Å². The first-order chi connectivity index (χ1) is 9.54. The summed E-state index contributed by atoms with van der Waals surface area (Å²) in [7, 11) is 0. The highest BCUT2D eigenvalue weighted by atomic mass is 79.9. The van der Waals surface area contributed by atoms with E-state index >= 15 is 0 Å². The molecule has 3 N–H and O–H groups in total. The number of anilines is 1. The molecule has 1 aromatic carbocycles. The SMILES string of the molecule is O=C(CNC1CCCC1)Nc1cc(Br)cc(C(=O)O)c1. The van der Waals surface area contributed by atoms with E-state index in [0.29, 0.717) is 16.2 Å². The lowest BCUT2D eigenvalue weighted by atomic mass is 10.2. The van der Waals surface area contributed by atoms with Crippen molar-refractivity contribution in [3.8, 4) is 0 Å². The van der Waals surface area contributed by atoms with Crippen molar-refractivity contribution in [3.63, 3.8) is 0 Å². The van der Waals surface area contributed by atoms with E-state index in [0.717, 1.165) is 12.8 Å². The van der Waals surface area contributed by atoms with E-state index in [1.54, 1.807) is 6.07 Å².